The number of para-hydroxylation sites is 3. The number of nitrogens with two attached hydrogens (primary N) is 1. The van der Waals surface area contributed by atoms with Gasteiger partial charge in [0.05, 0.1) is 22.0 Å². The van der Waals surface area contributed by atoms with Crippen LogP contribution in [0, 0.1) is 0 Å². The average molecular weight is 633 g/mol. The number of allylic oxidation sites excluding steroid dienone is 1. The number of nitrogen functional groups attached to an aromatic ring is 1. The number of halogens is 2. The SMILES string of the molecule is CO[C@@H](CC/C=C/C(=O)Nc1ccccc1N)[C@@H](OC(=O)Nc1ccccc1)c1cc(Br)cc(Br)c1O. The number of carbonyl (C=O) groups is 2. The molecule has 0 heterocycles. The summed E-state index contributed by atoms with van der Waals surface area (Å²) in [6, 6.07) is 19.2. The van der Waals surface area contributed by atoms with Crippen LogP contribution in [0.5, 0.6) is 5.75 Å². The molecule has 37 heavy (non-hydrogen) atoms. The second-order valence-electron chi connectivity index (χ2n) is 7.97. The number of ether oxygens (including phenoxy) is 2. The second-order valence-corrected chi connectivity index (χ2v) is 9.74. The van der Waals surface area contributed by atoms with E-state index in [-0.39, 0.29) is 11.7 Å². The van der Waals surface area contributed by atoms with Crippen LogP contribution in [0.15, 0.2) is 87.8 Å². The highest BCUT2D eigenvalue weighted by molar-refractivity contribution is 9.11. The molecule has 0 bridgehead atoms. The molecule has 0 radical (unpaired) electrons. The van der Waals surface area contributed by atoms with E-state index in [2.05, 4.69) is 42.5 Å². The minimum Gasteiger partial charge on any atom is -0.506 e. The van der Waals surface area contributed by atoms with Gasteiger partial charge in [-0.3, -0.25) is 10.1 Å². The van der Waals surface area contributed by atoms with Gasteiger partial charge in [0, 0.05) is 22.8 Å². The number of amides is 2. The van der Waals surface area contributed by atoms with Crippen molar-refractivity contribution in [2.75, 3.05) is 23.5 Å². The molecule has 2 amide bonds. The highest BCUT2D eigenvalue weighted by Crippen LogP contribution is 2.39. The first kappa shape index (κ1) is 28.2. The fourth-order valence-electron chi connectivity index (χ4n) is 3.56. The Hall–Kier alpha value is -3.34. The molecule has 0 unspecified atom stereocenters. The number of phenolic OH excluding ortho intramolecular Hbond substituents is 1. The van der Waals surface area contributed by atoms with Gasteiger partial charge in [-0.05, 0) is 71.2 Å². The normalized spacial score (nSPS) is 12.6. The highest BCUT2D eigenvalue weighted by atomic mass is 79.9. The Balaban J connectivity index is 1.73. The fourth-order valence-corrected chi connectivity index (χ4v) is 4.81. The number of hydrogen-bond acceptors (Lipinski definition) is 6. The van der Waals surface area contributed by atoms with Gasteiger partial charge >= 0.3 is 6.09 Å². The first-order chi connectivity index (χ1) is 17.8. The average Bonchev–Trinajstić information content (AvgIpc) is 2.87. The van der Waals surface area contributed by atoms with Crippen LogP contribution in [-0.4, -0.2) is 30.3 Å². The Morgan fingerprint density at radius 2 is 1.76 bits per heavy atom. The molecule has 0 saturated carbocycles. The molecule has 0 spiro atoms. The van der Waals surface area contributed by atoms with Crippen molar-refractivity contribution in [3.05, 3.63) is 93.4 Å². The van der Waals surface area contributed by atoms with E-state index in [4.69, 9.17) is 15.2 Å². The molecule has 194 valence electrons. The Labute approximate surface area is 232 Å². The van der Waals surface area contributed by atoms with Crippen molar-refractivity contribution in [1.82, 2.24) is 0 Å². The fraction of sp³-hybridized carbons (Fsp3) is 0.185. The summed E-state index contributed by atoms with van der Waals surface area (Å²) in [5.74, 6) is -0.395. The zero-order valence-electron chi connectivity index (χ0n) is 20.0. The quantitative estimate of drug-likeness (QED) is 0.144. The summed E-state index contributed by atoms with van der Waals surface area (Å²) in [4.78, 5) is 25.0. The predicted molar refractivity (Wildman–Crippen MR) is 151 cm³/mol. The molecule has 5 N–H and O–H groups in total. The third kappa shape index (κ3) is 8.34. The van der Waals surface area contributed by atoms with E-state index in [1.54, 1.807) is 66.7 Å². The molecule has 0 aliphatic heterocycles. The molecule has 0 fully saturated rings. The largest absolute Gasteiger partial charge is 0.506 e. The van der Waals surface area contributed by atoms with E-state index in [0.717, 1.165) is 0 Å². The van der Waals surface area contributed by atoms with Crippen LogP contribution in [-0.2, 0) is 14.3 Å². The molecular formula is C27H27Br2N3O5. The van der Waals surface area contributed by atoms with E-state index in [0.29, 0.717) is 44.4 Å². The number of methoxy groups -OCH3 is 1. The maximum Gasteiger partial charge on any atom is 0.412 e. The molecule has 10 heteroatoms. The number of anilines is 3. The van der Waals surface area contributed by atoms with Crippen LogP contribution in [0.1, 0.15) is 24.5 Å². The van der Waals surface area contributed by atoms with E-state index >= 15 is 0 Å². The van der Waals surface area contributed by atoms with Crippen LogP contribution in [0.25, 0.3) is 0 Å². The lowest BCUT2D eigenvalue weighted by Crippen LogP contribution is -2.28. The maximum atomic E-state index is 12.7. The van der Waals surface area contributed by atoms with Crippen LogP contribution in [0.4, 0.5) is 21.9 Å². The lowest BCUT2D eigenvalue weighted by molar-refractivity contribution is -0.111. The molecule has 3 aromatic carbocycles. The van der Waals surface area contributed by atoms with Gasteiger partial charge in [0.15, 0.2) is 6.10 Å². The standard InChI is InChI=1S/C27H27Br2N3O5/c1-36-23(13-7-8-14-24(33)32-22-12-6-5-11-21(22)30)26(19-15-17(28)16-20(29)25(19)34)37-27(35)31-18-9-3-2-4-10-18/h2-6,8-12,14-16,23,26,34H,7,13,30H2,1H3,(H,31,35)(H,32,33)/b14-8+/t23-,26-/m0/s1. The molecule has 0 saturated heterocycles. The van der Waals surface area contributed by atoms with Gasteiger partial charge in [-0.25, -0.2) is 4.79 Å². The van der Waals surface area contributed by atoms with E-state index in [1.807, 2.05) is 6.07 Å². The Morgan fingerprint density at radius 3 is 2.46 bits per heavy atom. The van der Waals surface area contributed by atoms with Crippen LogP contribution < -0.4 is 16.4 Å². The Kier molecular flexibility index (Phi) is 10.6. The highest BCUT2D eigenvalue weighted by Gasteiger charge is 2.30. The molecule has 0 aromatic heterocycles. The number of nitrogens with one attached hydrogen (secondary N) is 2. The number of hydrogen-bond donors (Lipinski definition) is 4. The van der Waals surface area contributed by atoms with Gasteiger partial charge in [-0.1, -0.05) is 52.3 Å². The van der Waals surface area contributed by atoms with E-state index in [1.165, 1.54) is 13.2 Å². The maximum absolute atomic E-state index is 12.7. The summed E-state index contributed by atoms with van der Waals surface area (Å²) < 4.78 is 12.5. The first-order valence-electron chi connectivity index (χ1n) is 11.3. The minimum atomic E-state index is -0.950. The molecule has 2 atom stereocenters. The van der Waals surface area contributed by atoms with Crippen LogP contribution in [0.3, 0.4) is 0 Å². The third-order valence-corrected chi connectivity index (χ3v) is 6.43. The molecular weight excluding hydrogens is 606 g/mol. The summed E-state index contributed by atoms with van der Waals surface area (Å²) in [5, 5.41) is 16.1. The second kappa shape index (κ2) is 13.8. The molecule has 0 aliphatic rings. The van der Waals surface area contributed by atoms with Gasteiger partial charge in [0.25, 0.3) is 0 Å². The van der Waals surface area contributed by atoms with Crippen molar-refractivity contribution in [3.8, 4) is 5.75 Å². The molecule has 3 aromatic rings. The first-order valence-corrected chi connectivity index (χ1v) is 12.9. The van der Waals surface area contributed by atoms with E-state index in [9.17, 15) is 14.7 Å². The summed E-state index contributed by atoms with van der Waals surface area (Å²) in [6.45, 7) is 0. The van der Waals surface area contributed by atoms with Gasteiger partial charge in [-0.2, -0.15) is 0 Å². The van der Waals surface area contributed by atoms with Gasteiger partial charge in [-0.15, -0.1) is 0 Å². The summed E-state index contributed by atoms with van der Waals surface area (Å²) in [5.41, 5.74) is 7.78. The molecule has 0 aliphatic carbocycles. The predicted octanol–water partition coefficient (Wildman–Crippen LogP) is 6.78. The third-order valence-electron chi connectivity index (χ3n) is 5.36. The zero-order chi connectivity index (χ0) is 26.8. The van der Waals surface area contributed by atoms with Crippen molar-refractivity contribution in [3.63, 3.8) is 0 Å². The van der Waals surface area contributed by atoms with Crippen molar-refractivity contribution in [1.29, 1.82) is 0 Å². The Morgan fingerprint density at radius 1 is 1.05 bits per heavy atom. The van der Waals surface area contributed by atoms with Gasteiger partial charge in [0.2, 0.25) is 5.91 Å². The van der Waals surface area contributed by atoms with E-state index < -0.39 is 18.3 Å². The number of benzene rings is 3. The molecule has 8 nitrogen and oxygen atoms in total. The van der Waals surface area contributed by atoms with Crippen molar-refractivity contribution in [2.24, 2.45) is 0 Å². The smallest absolute Gasteiger partial charge is 0.412 e. The van der Waals surface area contributed by atoms with Crippen molar-refractivity contribution < 1.29 is 24.2 Å². The van der Waals surface area contributed by atoms with Gasteiger partial charge in [0.1, 0.15) is 5.75 Å². The molecule has 3 rings (SSSR count). The van der Waals surface area contributed by atoms with Gasteiger partial charge < -0.3 is 25.6 Å². The van der Waals surface area contributed by atoms with Crippen molar-refractivity contribution >= 4 is 60.9 Å². The number of phenols is 1. The number of aromatic hydroxyl groups is 1. The van der Waals surface area contributed by atoms with Crippen molar-refractivity contribution in [2.45, 2.75) is 25.0 Å². The van der Waals surface area contributed by atoms with Crippen LogP contribution in [0.2, 0.25) is 0 Å². The monoisotopic (exact) mass is 631 g/mol. The topological polar surface area (TPSA) is 123 Å². The minimum absolute atomic E-state index is 0.0712. The number of rotatable bonds is 10. The van der Waals surface area contributed by atoms with Crippen LogP contribution >= 0.6 is 31.9 Å². The summed E-state index contributed by atoms with van der Waals surface area (Å²) >= 11 is 6.74. The number of carbonyl (C=O) groups excluding carboxylic acids is 2. The lowest BCUT2D eigenvalue weighted by atomic mass is 9.99. The Bertz CT molecular complexity index is 1250. The summed E-state index contributed by atoms with van der Waals surface area (Å²) in [6.07, 6.45) is 1.64. The lowest BCUT2D eigenvalue weighted by Gasteiger charge is -2.27. The zero-order valence-corrected chi connectivity index (χ0v) is 23.2. The summed E-state index contributed by atoms with van der Waals surface area (Å²) in [7, 11) is 1.49.